The molecule has 0 amide bonds. The van der Waals surface area contributed by atoms with Crippen molar-refractivity contribution in [3.63, 3.8) is 0 Å². The number of hydrogen-bond donors (Lipinski definition) is 2. The van der Waals surface area contributed by atoms with E-state index in [-0.39, 0.29) is 6.17 Å². The molecule has 1 aromatic rings. The van der Waals surface area contributed by atoms with Gasteiger partial charge in [-0.15, -0.1) is 0 Å². The molecule has 0 aliphatic rings. The molecule has 66 valence electrons. The molecule has 4 N–H and O–H groups in total. The number of methoxy groups -OCH3 is 1. The van der Waals surface area contributed by atoms with E-state index in [4.69, 9.17) is 16.2 Å². The zero-order valence-corrected chi connectivity index (χ0v) is 7.16. The average Bonchev–Trinajstić information content (AvgIpc) is 2.05. The smallest absolute Gasteiger partial charge is 0.118 e. The van der Waals surface area contributed by atoms with E-state index < -0.39 is 0 Å². The van der Waals surface area contributed by atoms with Gasteiger partial charge in [-0.25, -0.2) is 0 Å². The molecule has 3 heteroatoms. The van der Waals surface area contributed by atoms with E-state index >= 15 is 0 Å². The van der Waals surface area contributed by atoms with E-state index in [2.05, 4.69) is 0 Å². The molecule has 0 unspecified atom stereocenters. The average molecular weight is 166 g/mol. The van der Waals surface area contributed by atoms with Crippen molar-refractivity contribution in [3.8, 4) is 5.75 Å². The normalized spacial score (nSPS) is 10.3. The van der Waals surface area contributed by atoms with Crippen LogP contribution in [0.25, 0.3) is 0 Å². The Morgan fingerprint density at radius 3 is 2.25 bits per heavy atom. The van der Waals surface area contributed by atoms with Crippen molar-refractivity contribution in [2.75, 3.05) is 7.11 Å². The first kappa shape index (κ1) is 9.03. The van der Waals surface area contributed by atoms with Crippen LogP contribution in [0.1, 0.15) is 5.56 Å². The van der Waals surface area contributed by atoms with Crippen LogP contribution in [0.4, 0.5) is 0 Å². The molecule has 0 atom stereocenters. The topological polar surface area (TPSA) is 61.3 Å². The summed E-state index contributed by atoms with van der Waals surface area (Å²) in [7, 11) is 1.64. The fraction of sp³-hybridized carbons (Fsp3) is 0.333. The fourth-order valence-corrected chi connectivity index (χ4v) is 1.03. The van der Waals surface area contributed by atoms with Crippen LogP contribution in [0.5, 0.6) is 5.75 Å². The molecule has 0 heterocycles. The van der Waals surface area contributed by atoms with E-state index in [1.807, 2.05) is 24.3 Å². The molecule has 0 aliphatic heterocycles. The number of benzene rings is 1. The van der Waals surface area contributed by atoms with Crippen LogP contribution in [0, 0.1) is 0 Å². The number of rotatable bonds is 3. The van der Waals surface area contributed by atoms with Crippen LogP contribution in [0.3, 0.4) is 0 Å². The Labute approximate surface area is 72.3 Å². The van der Waals surface area contributed by atoms with Crippen LogP contribution < -0.4 is 16.2 Å². The molecule has 1 aromatic carbocycles. The lowest BCUT2D eigenvalue weighted by Crippen LogP contribution is -2.32. The van der Waals surface area contributed by atoms with Crippen molar-refractivity contribution >= 4 is 0 Å². The third kappa shape index (κ3) is 2.53. The lowest BCUT2D eigenvalue weighted by atomic mass is 10.1. The quantitative estimate of drug-likeness (QED) is 0.642. The van der Waals surface area contributed by atoms with Gasteiger partial charge in [-0.3, -0.25) is 0 Å². The highest BCUT2D eigenvalue weighted by molar-refractivity contribution is 5.27. The molecule has 0 bridgehead atoms. The largest absolute Gasteiger partial charge is 0.497 e. The molecule has 0 saturated carbocycles. The lowest BCUT2D eigenvalue weighted by Gasteiger charge is -2.05. The summed E-state index contributed by atoms with van der Waals surface area (Å²) in [5.74, 6) is 0.851. The Balaban J connectivity index is 2.65. The van der Waals surface area contributed by atoms with E-state index in [1.165, 1.54) is 0 Å². The number of nitrogens with two attached hydrogens (primary N) is 2. The van der Waals surface area contributed by atoms with Crippen LogP contribution in [-0.4, -0.2) is 13.3 Å². The summed E-state index contributed by atoms with van der Waals surface area (Å²) in [5.41, 5.74) is 12.0. The second kappa shape index (κ2) is 4.09. The second-order valence-corrected chi connectivity index (χ2v) is 2.72. The van der Waals surface area contributed by atoms with Gasteiger partial charge in [0.1, 0.15) is 5.75 Å². The first-order valence-corrected chi connectivity index (χ1v) is 3.86. The highest BCUT2D eigenvalue weighted by Crippen LogP contribution is 2.11. The molecule has 0 radical (unpaired) electrons. The Morgan fingerprint density at radius 2 is 1.83 bits per heavy atom. The maximum atomic E-state index is 5.44. The Hall–Kier alpha value is -1.06. The summed E-state index contributed by atoms with van der Waals surface area (Å²) in [5, 5.41) is 0. The monoisotopic (exact) mass is 166 g/mol. The highest BCUT2D eigenvalue weighted by Gasteiger charge is 1.97. The van der Waals surface area contributed by atoms with Gasteiger partial charge in [-0.05, 0) is 17.7 Å². The zero-order chi connectivity index (χ0) is 8.97. The molecule has 0 aromatic heterocycles. The Bertz CT molecular complexity index is 231. The maximum Gasteiger partial charge on any atom is 0.118 e. The van der Waals surface area contributed by atoms with Crippen LogP contribution in [0.2, 0.25) is 0 Å². The van der Waals surface area contributed by atoms with Crippen molar-refractivity contribution in [1.29, 1.82) is 0 Å². The van der Waals surface area contributed by atoms with Gasteiger partial charge in [0.15, 0.2) is 0 Å². The predicted octanol–water partition coefficient (Wildman–Crippen LogP) is 0.481. The van der Waals surface area contributed by atoms with Gasteiger partial charge in [0.05, 0.1) is 13.3 Å². The summed E-state index contributed by atoms with van der Waals surface area (Å²) in [6.45, 7) is 0. The Morgan fingerprint density at radius 1 is 1.25 bits per heavy atom. The molecule has 0 fully saturated rings. The van der Waals surface area contributed by atoms with Gasteiger partial charge in [0.2, 0.25) is 0 Å². The van der Waals surface area contributed by atoms with E-state index in [9.17, 15) is 0 Å². The van der Waals surface area contributed by atoms with Crippen LogP contribution >= 0.6 is 0 Å². The van der Waals surface area contributed by atoms with Crippen molar-refractivity contribution < 1.29 is 4.74 Å². The molecule has 0 saturated heterocycles. The third-order valence-electron chi connectivity index (χ3n) is 1.63. The minimum Gasteiger partial charge on any atom is -0.497 e. The van der Waals surface area contributed by atoms with Gasteiger partial charge >= 0.3 is 0 Å². The highest BCUT2D eigenvalue weighted by atomic mass is 16.5. The van der Waals surface area contributed by atoms with E-state index in [0.29, 0.717) is 6.42 Å². The summed E-state index contributed by atoms with van der Waals surface area (Å²) >= 11 is 0. The first-order valence-electron chi connectivity index (χ1n) is 3.86. The van der Waals surface area contributed by atoms with E-state index in [1.54, 1.807) is 7.11 Å². The minimum absolute atomic E-state index is 0.279. The molecular weight excluding hydrogens is 152 g/mol. The molecule has 1 rings (SSSR count). The summed E-state index contributed by atoms with van der Waals surface area (Å²) in [4.78, 5) is 0. The van der Waals surface area contributed by atoms with Crippen molar-refractivity contribution in [2.45, 2.75) is 12.6 Å². The number of hydrogen-bond acceptors (Lipinski definition) is 3. The summed E-state index contributed by atoms with van der Waals surface area (Å²) < 4.78 is 5.01. The van der Waals surface area contributed by atoms with Gasteiger partial charge in [0, 0.05) is 6.42 Å². The van der Waals surface area contributed by atoms with Crippen molar-refractivity contribution in [3.05, 3.63) is 29.8 Å². The van der Waals surface area contributed by atoms with Gasteiger partial charge in [-0.2, -0.15) is 0 Å². The second-order valence-electron chi connectivity index (χ2n) is 2.72. The molecule has 0 aliphatic carbocycles. The first-order chi connectivity index (χ1) is 5.72. The SMILES string of the molecule is COc1ccc(CC(N)N)cc1. The molecule has 3 nitrogen and oxygen atoms in total. The standard InChI is InChI=1S/C9H14N2O/c1-12-8-4-2-7(3-5-8)6-9(10)11/h2-5,9H,6,10-11H2,1H3. The van der Waals surface area contributed by atoms with Crippen molar-refractivity contribution in [1.82, 2.24) is 0 Å². The lowest BCUT2D eigenvalue weighted by molar-refractivity contribution is 0.414. The predicted molar refractivity (Wildman–Crippen MR) is 48.9 cm³/mol. The van der Waals surface area contributed by atoms with Gasteiger partial charge in [-0.1, -0.05) is 12.1 Å². The van der Waals surface area contributed by atoms with Crippen LogP contribution in [-0.2, 0) is 6.42 Å². The van der Waals surface area contributed by atoms with Gasteiger partial charge in [0.25, 0.3) is 0 Å². The fourth-order valence-electron chi connectivity index (χ4n) is 1.03. The van der Waals surface area contributed by atoms with Crippen LogP contribution in [0.15, 0.2) is 24.3 Å². The maximum absolute atomic E-state index is 5.44. The zero-order valence-electron chi connectivity index (χ0n) is 7.16. The molecule has 0 spiro atoms. The van der Waals surface area contributed by atoms with Crippen molar-refractivity contribution in [2.24, 2.45) is 11.5 Å². The van der Waals surface area contributed by atoms with Gasteiger partial charge < -0.3 is 16.2 Å². The number of ether oxygens (including phenoxy) is 1. The summed E-state index contributed by atoms with van der Waals surface area (Å²) in [6, 6.07) is 7.73. The minimum atomic E-state index is -0.279. The van der Waals surface area contributed by atoms with E-state index in [0.717, 1.165) is 11.3 Å². The Kier molecular flexibility index (Phi) is 3.08. The third-order valence-corrected chi connectivity index (χ3v) is 1.63. The summed E-state index contributed by atoms with van der Waals surface area (Å²) in [6.07, 6.45) is 0.419. The molecule has 12 heavy (non-hydrogen) atoms. The molecular formula is C9H14N2O.